The van der Waals surface area contributed by atoms with E-state index in [0.29, 0.717) is 17.9 Å². The molecule has 1 atom stereocenters. The summed E-state index contributed by atoms with van der Waals surface area (Å²) in [5.74, 6) is 0.359. The maximum Gasteiger partial charge on any atom is 0.258 e. The fourth-order valence-electron chi connectivity index (χ4n) is 2.76. The minimum atomic E-state index is -0.139. The van der Waals surface area contributed by atoms with Gasteiger partial charge in [0.05, 0.1) is 18.7 Å². The van der Waals surface area contributed by atoms with Crippen LogP contribution in [0.2, 0.25) is 0 Å². The van der Waals surface area contributed by atoms with Gasteiger partial charge in [-0.3, -0.25) is 4.79 Å². The van der Waals surface area contributed by atoms with Crippen LogP contribution in [0, 0.1) is 0 Å². The van der Waals surface area contributed by atoms with Crippen molar-refractivity contribution in [1.82, 2.24) is 4.90 Å². The molecular weight excluding hydrogens is 286 g/mol. The summed E-state index contributed by atoms with van der Waals surface area (Å²) in [5, 5.41) is 12.1. The van der Waals surface area contributed by atoms with E-state index in [1.54, 1.807) is 23.5 Å². The standard InChI is InChI=1S/C16H17NO3S/c1-10-12-6-8-21-15(12)5-7-17(10)16(19)13-4-3-11(20-2)9-14(13)18/h3-4,6,8-10,18H,5,7H2,1-2H3. The number of methoxy groups -OCH3 is 1. The van der Waals surface area contributed by atoms with Crippen LogP contribution in [0.1, 0.15) is 33.8 Å². The maximum absolute atomic E-state index is 12.7. The third kappa shape index (κ3) is 2.38. The number of ether oxygens (including phenoxy) is 1. The molecule has 0 fully saturated rings. The van der Waals surface area contributed by atoms with Gasteiger partial charge in [0.25, 0.3) is 5.91 Å². The molecule has 1 unspecified atom stereocenters. The van der Waals surface area contributed by atoms with Gasteiger partial charge in [0.2, 0.25) is 0 Å². The monoisotopic (exact) mass is 303 g/mol. The number of phenols is 1. The van der Waals surface area contributed by atoms with Gasteiger partial charge in [-0.2, -0.15) is 0 Å². The Morgan fingerprint density at radius 2 is 2.24 bits per heavy atom. The normalized spacial score (nSPS) is 17.4. The predicted octanol–water partition coefficient (Wildman–Crippen LogP) is 3.22. The summed E-state index contributed by atoms with van der Waals surface area (Å²) in [4.78, 5) is 15.9. The van der Waals surface area contributed by atoms with E-state index in [2.05, 4.69) is 11.4 Å². The zero-order valence-electron chi connectivity index (χ0n) is 12.0. The second-order valence-corrected chi connectivity index (χ2v) is 6.11. The zero-order valence-corrected chi connectivity index (χ0v) is 12.8. The lowest BCUT2D eigenvalue weighted by atomic mass is 10.00. The third-order valence-corrected chi connectivity index (χ3v) is 4.97. The highest BCUT2D eigenvalue weighted by Gasteiger charge is 2.30. The number of amides is 1. The molecule has 4 nitrogen and oxygen atoms in total. The summed E-state index contributed by atoms with van der Waals surface area (Å²) in [6.07, 6.45) is 0.875. The molecule has 3 rings (SSSR count). The minimum Gasteiger partial charge on any atom is -0.507 e. The second-order valence-electron chi connectivity index (χ2n) is 5.11. The van der Waals surface area contributed by atoms with Crippen LogP contribution in [-0.4, -0.2) is 29.6 Å². The van der Waals surface area contributed by atoms with Gasteiger partial charge in [-0.05, 0) is 42.5 Å². The van der Waals surface area contributed by atoms with Crippen LogP contribution < -0.4 is 4.74 Å². The number of benzene rings is 1. The highest BCUT2D eigenvalue weighted by Crippen LogP contribution is 2.35. The highest BCUT2D eigenvalue weighted by atomic mass is 32.1. The number of phenolic OH excluding ortho intramolecular Hbond substituents is 1. The Hall–Kier alpha value is -2.01. The van der Waals surface area contributed by atoms with Crippen LogP contribution in [0.4, 0.5) is 0 Å². The topological polar surface area (TPSA) is 49.8 Å². The number of fused-ring (bicyclic) bond motifs is 1. The molecule has 110 valence electrons. The Labute approximate surface area is 127 Å². The van der Waals surface area contributed by atoms with E-state index in [0.717, 1.165) is 6.42 Å². The lowest BCUT2D eigenvalue weighted by Gasteiger charge is -2.33. The first-order valence-corrected chi connectivity index (χ1v) is 7.74. The average Bonchev–Trinajstić information content (AvgIpc) is 2.96. The van der Waals surface area contributed by atoms with Crippen molar-refractivity contribution < 1.29 is 14.6 Å². The van der Waals surface area contributed by atoms with Gasteiger partial charge >= 0.3 is 0 Å². The Morgan fingerprint density at radius 3 is 2.95 bits per heavy atom. The molecule has 0 spiro atoms. The molecule has 0 saturated heterocycles. The number of thiophene rings is 1. The molecule has 5 heteroatoms. The Morgan fingerprint density at radius 1 is 1.43 bits per heavy atom. The van der Waals surface area contributed by atoms with Crippen molar-refractivity contribution in [2.24, 2.45) is 0 Å². The van der Waals surface area contributed by atoms with Crippen molar-refractivity contribution in [2.45, 2.75) is 19.4 Å². The van der Waals surface area contributed by atoms with Gasteiger partial charge in [0.1, 0.15) is 11.5 Å². The van der Waals surface area contributed by atoms with E-state index in [9.17, 15) is 9.90 Å². The molecule has 1 aromatic carbocycles. The molecule has 2 heterocycles. The molecular formula is C16H17NO3S. The number of carbonyl (C=O) groups is 1. The third-order valence-electron chi connectivity index (χ3n) is 3.97. The number of aromatic hydroxyl groups is 1. The van der Waals surface area contributed by atoms with Gasteiger partial charge in [-0.1, -0.05) is 0 Å². The number of carbonyl (C=O) groups excluding carboxylic acids is 1. The smallest absolute Gasteiger partial charge is 0.258 e. The molecule has 21 heavy (non-hydrogen) atoms. The SMILES string of the molecule is COc1ccc(C(=O)N2CCc3sccc3C2C)c(O)c1. The van der Waals surface area contributed by atoms with E-state index < -0.39 is 0 Å². The number of hydrogen-bond acceptors (Lipinski definition) is 4. The van der Waals surface area contributed by atoms with Crippen LogP contribution in [0.15, 0.2) is 29.6 Å². The first kappa shape index (κ1) is 13.9. The van der Waals surface area contributed by atoms with Gasteiger partial charge in [0.15, 0.2) is 0 Å². The fourth-order valence-corrected chi connectivity index (χ4v) is 3.72. The quantitative estimate of drug-likeness (QED) is 0.926. The van der Waals surface area contributed by atoms with Gasteiger partial charge in [-0.25, -0.2) is 0 Å². The van der Waals surface area contributed by atoms with Gasteiger partial charge < -0.3 is 14.7 Å². The lowest BCUT2D eigenvalue weighted by Crippen LogP contribution is -2.38. The molecule has 1 amide bonds. The van der Waals surface area contributed by atoms with Crippen molar-refractivity contribution in [3.05, 3.63) is 45.6 Å². The number of hydrogen-bond donors (Lipinski definition) is 1. The van der Waals surface area contributed by atoms with Gasteiger partial charge in [0, 0.05) is 17.5 Å². The largest absolute Gasteiger partial charge is 0.507 e. The van der Waals surface area contributed by atoms with Gasteiger partial charge in [-0.15, -0.1) is 11.3 Å². The van der Waals surface area contributed by atoms with Crippen molar-refractivity contribution in [2.75, 3.05) is 13.7 Å². The zero-order chi connectivity index (χ0) is 15.0. The number of rotatable bonds is 2. The van der Waals surface area contributed by atoms with Crippen LogP contribution >= 0.6 is 11.3 Å². The molecule has 1 aliphatic rings. The Kier molecular flexibility index (Phi) is 3.59. The molecule has 0 aliphatic carbocycles. The molecule has 0 radical (unpaired) electrons. The van der Waals surface area contributed by atoms with Crippen LogP contribution in [0.25, 0.3) is 0 Å². The average molecular weight is 303 g/mol. The van der Waals surface area contributed by atoms with Crippen LogP contribution in [0.3, 0.4) is 0 Å². The van der Waals surface area contributed by atoms with Crippen molar-refractivity contribution >= 4 is 17.2 Å². The van der Waals surface area contributed by atoms with Crippen LogP contribution in [-0.2, 0) is 6.42 Å². The molecule has 1 N–H and O–H groups in total. The summed E-state index contributed by atoms with van der Waals surface area (Å²) < 4.78 is 5.05. The minimum absolute atomic E-state index is 0.0361. The molecule has 1 aliphatic heterocycles. The van der Waals surface area contributed by atoms with E-state index in [1.807, 2.05) is 11.8 Å². The Balaban J connectivity index is 1.89. The first-order chi connectivity index (χ1) is 10.1. The molecule has 0 saturated carbocycles. The van der Waals surface area contributed by atoms with Crippen molar-refractivity contribution in [1.29, 1.82) is 0 Å². The van der Waals surface area contributed by atoms with E-state index in [4.69, 9.17) is 4.74 Å². The van der Waals surface area contributed by atoms with Crippen LogP contribution in [0.5, 0.6) is 11.5 Å². The Bertz CT molecular complexity index is 680. The predicted molar refractivity (Wildman–Crippen MR) is 82.1 cm³/mol. The summed E-state index contributed by atoms with van der Waals surface area (Å²) in [6.45, 7) is 2.71. The second kappa shape index (κ2) is 5.41. The van der Waals surface area contributed by atoms with Crippen molar-refractivity contribution in [3.63, 3.8) is 0 Å². The molecule has 0 bridgehead atoms. The van der Waals surface area contributed by atoms with E-state index in [-0.39, 0.29) is 17.7 Å². The van der Waals surface area contributed by atoms with E-state index in [1.165, 1.54) is 23.6 Å². The fraction of sp³-hybridized carbons (Fsp3) is 0.312. The summed E-state index contributed by atoms with van der Waals surface area (Å²) in [6, 6.07) is 6.90. The highest BCUT2D eigenvalue weighted by molar-refractivity contribution is 7.10. The molecule has 2 aromatic rings. The summed E-state index contributed by atoms with van der Waals surface area (Å²) in [7, 11) is 1.53. The molecule has 1 aromatic heterocycles. The lowest BCUT2D eigenvalue weighted by molar-refractivity contribution is 0.0676. The maximum atomic E-state index is 12.7. The first-order valence-electron chi connectivity index (χ1n) is 6.86. The van der Waals surface area contributed by atoms with Crippen molar-refractivity contribution in [3.8, 4) is 11.5 Å². The number of nitrogens with zero attached hydrogens (tertiary/aromatic N) is 1. The summed E-state index contributed by atoms with van der Waals surface area (Å²) >= 11 is 1.74. The van der Waals surface area contributed by atoms with E-state index >= 15 is 0 Å². The summed E-state index contributed by atoms with van der Waals surface area (Å²) in [5.41, 5.74) is 1.54.